The molecule has 4 aromatic carbocycles. The second-order valence-electron chi connectivity index (χ2n) is 10.3. The molecular formula is C33H32O4. The van der Waals surface area contributed by atoms with Gasteiger partial charge in [0, 0.05) is 16.5 Å². The second kappa shape index (κ2) is 10.0. The van der Waals surface area contributed by atoms with Crippen molar-refractivity contribution < 1.29 is 18.9 Å². The summed E-state index contributed by atoms with van der Waals surface area (Å²) in [5.74, 6) is 1.77. The zero-order valence-corrected chi connectivity index (χ0v) is 21.4. The number of ether oxygens (including phenoxy) is 4. The minimum atomic E-state index is -0.247. The van der Waals surface area contributed by atoms with Crippen molar-refractivity contribution in [3.8, 4) is 33.8 Å². The Balaban J connectivity index is 1.37. The Bertz CT molecular complexity index is 1250. The molecule has 2 unspecified atom stereocenters. The first-order chi connectivity index (χ1) is 18.1. The second-order valence-corrected chi connectivity index (χ2v) is 10.3. The summed E-state index contributed by atoms with van der Waals surface area (Å²) >= 11 is 0. The van der Waals surface area contributed by atoms with Crippen LogP contribution < -0.4 is 9.47 Å². The van der Waals surface area contributed by atoms with E-state index < -0.39 is 0 Å². The van der Waals surface area contributed by atoms with E-state index in [9.17, 15) is 0 Å². The first-order valence-electron chi connectivity index (χ1n) is 13.0. The zero-order valence-electron chi connectivity index (χ0n) is 21.4. The summed E-state index contributed by atoms with van der Waals surface area (Å²) in [6.07, 6.45) is 0.423. The molecule has 2 heterocycles. The van der Waals surface area contributed by atoms with E-state index in [2.05, 4.69) is 98.8 Å². The fourth-order valence-corrected chi connectivity index (χ4v) is 4.64. The van der Waals surface area contributed by atoms with E-state index in [1.807, 2.05) is 12.1 Å². The normalized spacial score (nSPS) is 18.3. The maximum atomic E-state index is 6.18. The number of benzene rings is 4. The molecule has 0 radical (unpaired) electrons. The summed E-state index contributed by atoms with van der Waals surface area (Å²) in [5.41, 5.74) is 6.68. The standard InChI is InChI=1S/C33H32O4/c1-33(2,25-13-15-31(36-21-27-19-34-27)29(17-25)23-9-5-3-6-10-23)26-14-16-32(37-22-28-20-35-28)30(18-26)24-11-7-4-8-12-24/h3-18,27-28H,19-22H2,1-2H3. The first kappa shape index (κ1) is 23.8. The van der Waals surface area contributed by atoms with Crippen molar-refractivity contribution in [2.75, 3.05) is 26.4 Å². The van der Waals surface area contributed by atoms with Crippen molar-refractivity contribution in [1.82, 2.24) is 0 Å². The van der Waals surface area contributed by atoms with Gasteiger partial charge in [-0.15, -0.1) is 0 Å². The van der Waals surface area contributed by atoms with Crippen LogP contribution in [0.4, 0.5) is 0 Å². The summed E-state index contributed by atoms with van der Waals surface area (Å²) in [7, 11) is 0. The third kappa shape index (κ3) is 5.41. The molecule has 4 heteroatoms. The van der Waals surface area contributed by atoms with Crippen LogP contribution in [0.25, 0.3) is 22.3 Å². The Morgan fingerprint density at radius 2 is 1.03 bits per heavy atom. The third-order valence-electron chi connectivity index (χ3n) is 7.23. The SMILES string of the molecule is CC(C)(c1ccc(OCC2CO2)c(-c2ccccc2)c1)c1ccc(OCC2CO2)c(-c2ccccc2)c1. The lowest BCUT2D eigenvalue weighted by Crippen LogP contribution is -2.19. The quantitative estimate of drug-likeness (QED) is 0.226. The maximum Gasteiger partial charge on any atom is 0.127 e. The fraction of sp³-hybridized carbons (Fsp3) is 0.273. The summed E-state index contributed by atoms with van der Waals surface area (Å²) in [6, 6.07) is 34.0. The van der Waals surface area contributed by atoms with Crippen LogP contribution in [-0.2, 0) is 14.9 Å². The van der Waals surface area contributed by atoms with E-state index in [1.54, 1.807) is 0 Å². The van der Waals surface area contributed by atoms with Gasteiger partial charge in [0.15, 0.2) is 0 Å². The van der Waals surface area contributed by atoms with Gasteiger partial charge in [-0.2, -0.15) is 0 Å². The number of rotatable bonds is 10. The number of hydrogen-bond acceptors (Lipinski definition) is 4. The summed E-state index contributed by atoms with van der Waals surface area (Å²) in [6.45, 7) is 7.27. The van der Waals surface area contributed by atoms with Crippen molar-refractivity contribution in [2.45, 2.75) is 31.5 Å². The van der Waals surface area contributed by atoms with Gasteiger partial charge >= 0.3 is 0 Å². The molecule has 0 aliphatic carbocycles. The van der Waals surface area contributed by atoms with Crippen LogP contribution in [0.15, 0.2) is 97.1 Å². The largest absolute Gasteiger partial charge is 0.490 e. The van der Waals surface area contributed by atoms with Crippen molar-refractivity contribution in [3.63, 3.8) is 0 Å². The zero-order chi connectivity index (χ0) is 25.2. The van der Waals surface area contributed by atoms with Crippen molar-refractivity contribution in [1.29, 1.82) is 0 Å². The van der Waals surface area contributed by atoms with E-state index in [-0.39, 0.29) is 17.6 Å². The Kier molecular flexibility index (Phi) is 6.45. The van der Waals surface area contributed by atoms with Gasteiger partial charge in [0.2, 0.25) is 0 Å². The highest BCUT2D eigenvalue weighted by molar-refractivity contribution is 5.74. The highest BCUT2D eigenvalue weighted by atomic mass is 16.6. The molecular weight excluding hydrogens is 460 g/mol. The van der Waals surface area contributed by atoms with Crippen LogP contribution in [-0.4, -0.2) is 38.6 Å². The first-order valence-corrected chi connectivity index (χ1v) is 13.0. The predicted octanol–water partition coefficient (Wildman–Crippen LogP) is 6.90. The van der Waals surface area contributed by atoms with E-state index in [0.29, 0.717) is 13.2 Å². The molecule has 0 amide bonds. The number of hydrogen-bond donors (Lipinski definition) is 0. The van der Waals surface area contributed by atoms with Gasteiger partial charge < -0.3 is 18.9 Å². The van der Waals surface area contributed by atoms with Gasteiger partial charge in [0.1, 0.15) is 36.9 Å². The van der Waals surface area contributed by atoms with E-state index >= 15 is 0 Å². The molecule has 2 aliphatic heterocycles. The molecule has 2 fully saturated rings. The maximum absolute atomic E-state index is 6.18. The molecule has 2 atom stereocenters. The summed E-state index contributed by atoms with van der Waals surface area (Å²) < 4.78 is 23.1. The Hall–Kier alpha value is -3.60. The van der Waals surface area contributed by atoms with Gasteiger partial charge in [-0.1, -0.05) is 86.6 Å². The Labute approximate surface area is 218 Å². The molecule has 2 saturated heterocycles. The van der Waals surface area contributed by atoms with Crippen LogP contribution in [0.5, 0.6) is 11.5 Å². The lowest BCUT2D eigenvalue weighted by molar-refractivity contribution is 0.263. The average Bonchev–Trinajstić information content (AvgIpc) is 3.87. The van der Waals surface area contributed by atoms with E-state index in [0.717, 1.165) is 47.0 Å². The Morgan fingerprint density at radius 3 is 1.41 bits per heavy atom. The van der Waals surface area contributed by atoms with Gasteiger partial charge in [-0.05, 0) is 46.5 Å². The van der Waals surface area contributed by atoms with E-state index in [4.69, 9.17) is 18.9 Å². The van der Waals surface area contributed by atoms with Crippen molar-refractivity contribution >= 4 is 0 Å². The van der Waals surface area contributed by atoms with Crippen molar-refractivity contribution in [2.24, 2.45) is 0 Å². The van der Waals surface area contributed by atoms with E-state index in [1.165, 1.54) is 11.1 Å². The monoisotopic (exact) mass is 492 g/mol. The lowest BCUT2D eigenvalue weighted by Gasteiger charge is -2.28. The van der Waals surface area contributed by atoms with Gasteiger partial charge in [0.05, 0.1) is 13.2 Å². The van der Waals surface area contributed by atoms with Crippen LogP contribution in [0.1, 0.15) is 25.0 Å². The predicted molar refractivity (Wildman–Crippen MR) is 146 cm³/mol. The minimum Gasteiger partial charge on any atom is -0.490 e. The highest BCUT2D eigenvalue weighted by Gasteiger charge is 2.28. The number of epoxide rings is 2. The molecule has 2 aliphatic rings. The third-order valence-corrected chi connectivity index (χ3v) is 7.23. The average molecular weight is 493 g/mol. The topological polar surface area (TPSA) is 43.5 Å². The van der Waals surface area contributed by atoms with Gasteiger partial charge in [-0.3, -0.25) is 0 Å². The smallest absolute Gasteiger partial charge is 0.127 e. The molecule has 188 valence electrons. The molecule has 37 heavy (non-hydrogen) atoms. The molecule has 0 spiro atoms. The van der Waals surface area contributed by atoms with Gasteiger partial charge in [0.25, 0.3) is 0 Å². The van der Waals surface area contributed by atoms with Crippen LogP contribution in [0.2, 0.25) is 0 Å². The minimum absolute atomic E-state index is 0.211. The lowest BCUT2D eigenvalue weighted by atomic mass is 9.76. The highest BCUT2D eigenvalue weighted by Crippen LogP contribution is 2.41. The summed E-state index contributed by atoms with van der Waals surface area (Å²) in [5, 5.41) is 0. The molecule has 4 nitrogen and oxygen atoms in total. The summed E-state index contributed by atoms with van der Waals surface area (Å²) in [4.78, 5) is 0. The molecule has 0 bridgehead atoms. The van der Waals surface area contributed by atoms with Crippen LogP contribution in [0.3, 0.4) is 0 Å². The Morgan fingerprint density at radius 1 is 0.622 bits per heavy atom. The fourth-order valence-electron chi connectivity index (χ4n) is 4.64. The van der Waals surface area contributed by atoms with Crippen molar-refractivity contribution in [3.05, 3.63) is 108 Å². The van der Waals surface area contributed by atoms with Crippen LogP contribution >= 0.6 is 0 Å². The molecule has 6 rings (SSSR count). The molecule has 0 aromatic heterocycles. The molecule has 0 saturated carbocycles. The molecule has 0 N–H and O–H groups in total. The van der Waals surface area contributed by atoms with Crippen LogP contribution in [0, 0.1) is 0 Å². The van der Waals surface area contributed by atoms with Gasteiger partial charge in [-0.25, -0.2) is 0 Å². The molecule has 4 aromatic rings.